The maximum Gasteiger partial charge on any atom is 0.263 e. The van der Waals surface area contributed by atoms with Crippen molar-refractivity contribution in [3.63, 3.8) is 0 Å². The molecule has 0 radical (unpaired) electrons. The van der Waals surface area contributed by atoms with Crippen LogP contribution in [0.25, 0.3) is 6.08 Å². The minimum atomic E-state index is -0.520. The van der Waals surface area contributed by atoms with E-state index in [0.717, 1.165) is 18.8 Å². The van der Waals surface area contributed by atoms with Crippen molar-refractivity contribution >= 4 is 40.9 Å². The van der Waals surface area contributed by atoms with E-state index < -0.39 is 11.8 Å². The molecule has 6 nitrogen and oxygen atoms in total. The van der Waals surface area contributed by atoms with Crippen molar-refractivity contribution in [3.05, 3.63) is 29.3 Å². The number of benzene rings is 1. The number of thiocarbonyl (C=S) groups is 1. The number of ether oxygens (including phenoxy) is 1. The summed E-state index contributed by atoms with van der Waals surface area (Å²) in [6.07, 6.45) is 1.50. The number of methoxy groups -OCH3 is 1. The molecule has 1 aliphatic heterocycles. The second-order valence-electron chi connectivity index (χ2n) is 4.89. The lowest BCUT2D eigenvalue weighted by Gasteiger charge is -2.22. The van der Waals surface area contributed by atoms with Crippen LogP contribution in [-0.4, -0.2) is 37.1 Å². The first kappa shape index (κ1) is 17.0. The summed E-state index contributed by atoms with van der Waals surface area (Å²) in [5.74, 6) is -0.446. The monoisotopic (exact) mass is 333 g/mol. The van der Waals surface area contributed by atoms with Crippen LogP contribution < -0.4 is 20.3 Å². The molecule has 1 aromatic rings. The number of carbonyl (C=O) groups is 2. The molecule has 1 aromatic carbocycles. The molecule has 23 heavy (non-hydrogen) atoms. The van der Waals surface area contributed by atoms with Crippen molar-refractivity contribution in [2.24, 2.45) is 0 Å². The lowest BCUT2D eigenvalue weighted by molar-refractivity contribution is -0.123. The fourth-order valence-corrected chi connectivity index (χ4v) is 2.55. The van der Waals surface area contributed by atoms with E-state index >= 15 is 0 Å². The standard InChI is InChI=1S/C16H19N3O3S/c1-4-19(5-2)11-7-6-10(13(9-11)22-3)8-12-14(20)17-16(23)18-15(12)21/h6-9H,4-5H2,1-3H3,(H2,17,18,20,21,23). The fourth-order valence-electron chi connectivity index (χ4n) is 2.37. The number of hydrogen-bond donors (Lipinski definition) is 2. The second kappa shape index (κ2) is 7.23. The van der Waals surface area contributed by atoms with E-state index in [9.17, 15) is 9.59 Å². The van der Waals surface area contributed by atoms with Gasteiger partial charge in [-0.15, -0.1) is 0 Å². The summed E-state index contributed by atoms with van der Waals surface area (Å²) in [4.78, 5) is 26.0. The van der Waals surface area contributed by atoms with Crippen molar-refractivity contribution in [1.29, 1.82) is 0 Å². The van der Waals surface area contributed by atoms with Gasteiger partial charge in [0.05, 0.1) is 7.11 Å². The summed E-state index contributed by atoms with van der Waals surface area (Å²) in [6, 6.07) is 5.65. The third kappa shape index (κ3) is 3.68. The molecule has 7 heteroatoms. The Morgan fingerprint density at radius 3 is 2.30 bits per heavy atom. The molecule has 1 aliphatic rings. The lowest BCUT2D eigenvalue weighted by atomic mass is 10.1. The van der Waals surface area contributed by atoms with Crippen molar-refractivity contribution in [2.75, 3.05) is 25.1 Å². The van der Waals surface area contributed by atoms with Gasteiger partial charge in [0.15, 0.2) is 5.11 Å². The van der Waals surface area contributed by atoms with E-state index in [1.807, 2.05) is 18.2 Å². The van der Waals surface area contributed by atoms with Crippen molar-refractivity contribution in [3.8, 4) is 5.75 Å². The maximum absolute atomic E-state index is 11.9. The molecule has 2 N–H and O–H groups in total. The molecule has 122 valence electrons. The first-order valence-corrected chi connectivity index (χ1v) is 7.72. The molecular formula is C16H19N3O3S. The molecule has 1 fully saturated rings. The van der Waals surface area contributed by atoms with E-state index in [-0.39, 0.29) is 10.7 Å². The molecule has 0 bridgehead atoms. The van der Waals surface area contributed by atoms with Gasteiger partial charge in [0.1, 0.15) is 11.3 Å². The largest absolute Gasteiger partial charge is 0.496 e. The SMILES string of the molecule is CCN(CC)c1ccc(C=C2C(=O)NC(=S)NC2=O)c(OC)c1. The summed E-state index contributed by atoms with van der Waals surface area (Å²) in [5.41, 5.74) is 1.66. The number of nitrogens with zero attached hydrogens (tertiary/aromatic N) is 1. The number of amides is 2. The molecule has 1 saturated heterocycles. The van der Waals surface area contributed by atoms with E-state index in [1.54, 1.807) is 7.11 Å². The Kier molecular flexibility index (Phi) is 5.33. The first-order valence-electron chi connectivity index (χ1n) is 7.31. The highest BCUT2D eigenvalue weighted by Gasteiger charge is 2.26. The van der Waals surface area contributed by atoms with Crippen LogP contribution in [0.15, 0.2) is 23.8 Å². The Bertz CT molecular complexity index is 659. The highest BCUT2D eigenvalue weighted by atomic mass is 32.1. The van der Waals surface area contributed by atoms with Crippen molar-refractivity contribution in [1.82, 2.24) is 10.6 Å². The predicted molar refractivity (Wildman–Crippen MR) is 93.4 cm³/mol. The van der Waals surface area contributed by atoms with Crippen LogP contribution in [0, 0.1) is 0 Å². The van der Waals surface area contributed by atoms with Crippen LogP contribution in [0.3, 0.4) is 0 Å². The first-order chi connectivity index (χ1) is 11.0. The highest BCUT2D eigenvalue weighted by Crippen LogP contribution is 2.27. The van der Waals surface area contributed by atoms with Crippen LogP contribution in [0.5, 0.6) is 5.75 Å². The minimum Gasteiger partial charge on any atom is -0.496 e. The van der Waals surface area contributed by atoms with Gasteiger partial charge in [-0.05, 0) is 44.3 Å². The predicted octanol–water partition coefficient (Wildman–Crippen LogP) is 1.46. The molecule has 0 aromatic heterocycles. The zero-order chi connectivity index (χ0) is 17.0. The number of anilines is 1. The average Bonchev–Trinajstić information content (AvgIpc) is 2.52. The summed E-state index contributed by atoms with van der Waals surface area (Å²) >= 11 is 4.78. The summed E-state index contributed by atoms with van der Waals surface area (Å²) in [7, 11) is 1.56. The Labute approximate surface area is 140 Å². The number of rotatable bonds is 5. The Morgan fingerprint density at radius 1 is 1.17 bits per heavy atom. The Hall–Kier alpha value is -2.41. The highest BCUT2D eigenvalue weighted by molar-refractivity contribution is 7.80. The summed E-state index contributed by atoms with van der Waals surface area (Å²) < 4.78 is 5.40. The topological polar surface area (TPSA) is 70.7 Å². The number of carbonyl (C=O) groups excluding carboxylic acids is 2. The minimum absolute atomic E-state index is 0.00695. The smallest absolute Gasteiger partial charge is 0.263 e. The number of hydrogen-bond acceptors (Lipinski definition) is 5. The molecule has 1 heterocycles. The molecular weight excluding hydrogens is 314 g/mol. The molecule has 0 saturated carbocycles. The van der Waals surface area contributed by atoms with Crippen LogP contribution in [0.4, 0.5) is 5.69 Å². The van der Waals surface area contributed by atoms with Gasteiger partial charge in [0.2, 0.25) is 0 Å². The lowest BCUT2D eigenvalue weighted by Crippen LogP contribution is -2.51. The number of nitrogens with one attached hydrogen (secondary N) is 2. The van der Waals surface area contributed by atoms with E-state index in [2.05, 4.69) is 29.4 Å². The summed E-state index contributed by atoms with van der Waals surface area (Å²) in [5, 5.41) is 4.83. The van der Waals surface area contributed by atoms with Crippen LogP contribution in [0.1, 0.15) is 19.4 Å². The molecule has 0 unspecified atom stereocenters. The summed E-state index contributed by atoms with van der Waals surface area (Å²) in [6.45, 7) is 5.90. The Morgan fingerprint density at radius 2 is 1.78 bits per heavy atom. The quantitative estimate of drug-likeness (QED) is 0.485. The zero-order valence-corrected chi connectivity index (χ0v) is 14.1. The van der Waals surface area contributed by atoms with Gasteiger partial charge >= 0.3 is 0 Å². The van der Waals surface area contributed by atoms with E-state index in [0.29, 0.717) is 11.3 Å². The third-order valence-corrected chi connectivity index (χ3v) is 3.79. The van der Waals surface area contributed by atoms with Gasteiger partial charge in [0, 0.05) is 30.4 Å². The van der Waals surface area contributed by atoms with E-state index in [4.69, 9.17) is 17.0 Å². The molecule has 2 amide bonds. The van der Waals surface area contributed by atoms with Gasteiger partial charge in [-0.2, -0.15) is 0 Å². The van der Waals surface area contributed by atoms with Gasteiger partial charge in [-0.3, -0.25) is 20.2 Å². The van der Waals surface area contributed by atoms with Gasteiger partial charge in [-0.25, -0.2) is 0 Å². The molecule has 0 atom stereocenters. The third-order valence-electron chi connectivity index (χ3n) is 3.59. The maximum atomic E-state index is 11.9. The zero-order valence-electron chi connectivity index (χ0n) is 13.3. The Balaban J connectivity index is 2.40. The van der Waals surface area contributed by atoms with Gasteiger partial charge in [-0.1, -0.05) is 0 Å². The van der Waals surface area contributed by atoms with E-state index in [1.165, 1.54) is 6.08 Å². The van der Waals surface area contributed by atoms with Crippen molar-refractivity contribution in [2.45, 2.75) is 13.8 Å². The fraction of sp³-hybridized carbons (Fsp3) is 0.312. The van der Waals surface area contributed by atoms with Crippen molar-refractivity contribution < 1.29 is 14.3 Å². The molecule has 2 rings (SSSR count). The molecule has 0 aliphatic carbocycles. The van der Waals surface area contributed by atoms with Crippen LogP contribution in [0.2, 0.25) is 0 Å². The van der Waals surface area contributed by atoms with Gasteiger partial charge in [0.25, 0.3) is 11.8 Å². The van der Waals surface area contributed by atoms with Crippen LogP contribution in [-0.2, 0) is 9.59 Å². The normalized spacial score (nSPS) is 14.2. The van der Waals surface area contributed by atoms with Gasteiger partial charge < -0.3 is 9.64 Å². The van der Waals surface area contributed by atoms with Crippen LogP contribution >= 0.6 is 12.2 Å². The molecule has 0 spiro atoms. The second-order valence-corrected chi connectivity index (χ2v) is 5.30. The average molecular weight is 333 g/mol.